The third-order valence-electron chi connectivity index (χ3n) is 4.15. The van der Waals surface area contributed by atoms with Crippen LogP contribution in [-0.2, 0) is 0 Å². The standard InChI is InChI=1S/C15H30N4O.HI/c1-3-16-15(17-10-12(2)11-20)18-13-6-8-19(9-7-13)14-4-5-14;/h12-14,20H,3-11H2,1-2H3,(H2,16,17,18);1H. The summed E-state index contributed by atoms with van der Waals surface area (Å²) in [4.78, 5) is 7.20. The number of hydrogen-bond donors (Lipinski definition) is 3. The molecule has 1 saturated carbocycles. The summed E-state index contributed by atoms with van der Waals surface area (Å²) < 4.78 is 0. The maximum absolute atomic E-state index is 9.07. The molecule has 1 saturated heterocycles. The van der Waals surface area contributed by atoms with E-state index in [0.29, 0.717) is 12.6 Å². The molecule has 5 nitrogen and oxygen atoms in total. The Hall–Kier alpha value is -0.0800. The topological polar surface area (TPSA) is 59.9 Å². The van der Waals surface area contributed by atoms with Crippen molar-refractivity contribution in [1.29, 1.82) is 0 Å². The minimum absolute atomic E-state index is 0. The highest BCUT2D eigenvalue weighted by Crippen LogP contribution is 2.29. The lowest BCUT2D eigenvalue weighted by atomic mass is 10.1. The molecule has 124 valence electrons. The molecule has 1 aliphatic carbocycles. The number of aliphatic hydroxyl groups excluding tert-OH is 1. The highest BCUT2D eigenvalue weighted by atomic mass is 127. The van der Waals surface area contributed by atoms with Crippen molar-refractivity contribution >= 4 is 29.9 Å². The largest absolute Gasteiger partial charge is 0.396 e. The summed E-state index contributed by atoms with van der Waals surface area (Å²) in [5.41, 5.74) is 0. The van der Waals surface area contributed by atoms with Crippen molar-refractivity contribution in [2.75, 3.05) is 32.8 Å². The van der Waals surface area contributed by atoms with Crippen LogP contribution >= 0.6 is 24.0 Å². The molecule has 2 rings (SSSR count). The Morgan fingerprint density at radius 2 is 1.95 bits per heavy atom. The Labute approximate surface area is 146 Å². The lowest BCUT2D eigenvalue weighted by Gasteiger charge is -2.33. The van der Waals surface area contributed by atoms with Crippen LogP contribution in [0.4, 0.5) is 0 Å². The highest BCUT2D eigenvalue weighted by molar-refractivity contribution is 14.0. The van der Waals surface area contributed by atoms with Gasteiger partial charge in [-0.15, -0.1) is 24.0 Å². The first-order chi connectivity index (χ1) is 9.72. The number of hydrogen-bond acceptors (Lipinski definition) is 3. The van der Waals surface area contributed by atoms with Crippen LogP contribution in [-0.4, -0.2) is 60.8 Å². The summed E-state index contributed by atoms with van der Waals surface area (Å²) in [6.45, 7) is 8.28. The minimum atomic E-state index is 0. The van der Waals surface area contributed by atoms with Gasteiger partial charge in [-0.2, -0.15) is 0 Å². The Morgan fingerprint density at radius 3 is 2.48 bits per heavy atom. The molecule has 1 unspecified atom stereocenters. The van der Waals surface area contributed by atoms with Gasteiger partial charge in [0.15, 0.2) is 5.96 Å². The summed E-state index contributed by atoms with van der Waals surface area (Å²) in [6.07, 6.45) is 5.22. The van der Waals surface area contributed by atoms with Crippen LogP contribution in [0.1, 0.15) is 39.5 Å². The quantitative estimate of drug-likeness (QED) is 0.352. The molecule has 0 bridgehead atoms. The molecule has 1 heterocycles. The molecule has 0 aromatic heterocycles. The second-order valence-electron chi connectivity index (χ2n) is 6.19. The number of likely N-dealkylation sites (tertiary alicyclic amines) is 1. The summed E-state index contributed by atoms with van der Waals surface area (Å²) in [5.74, 6) is 1.12. The Kier molecular flexibility index (Phi) is 8.89. The second kappa shape index (κ2) is 9.84. The van der Waals surface area contributed by atoms with E-state index >= 15 is 0 Å². The molecule has 0 aromatic rings. The molecule has 1 atom stereocenters. The van der Waals surface area contributed by atoms with Gasteiger partial charge in [-0.05, 0) is 38.5 Å². The minimum Gasteiger partial charge on any atom is -0.396 e. The summed E-state index contributed by atoms with van der Waals surface area (Å²) >= 11 is 0. The first-order valence-electron chi connectivity index (χ1n) is 8.12. The van der Waals surface area contributed by atoms with Gasteiger partial charge in [0.25, 0.3) is 0 Å². The van der Waals surface area contributed by atoms with Crippen LogP contribution < -0.4 is 10.6 Å². The van der Waals surface area contributed by atoms with E-state index in [9.17, 15) is 0 Å². The molecule has 2 aliphatic rings. The first kappa shape index (κ1) is 19.0. The van der Waals surface area contributed by atoms with Crippen molar-refractivity contribution in [3.05, 3.63) is 0 Å². The zero-order valence-corrected chi connectivity index (χ0v) is 15.7. The van der Waals surface area contributed by atoms with Crippen LogP contribution in [0, 0.1) is 5.92 Å². The normalized spacial score (nSPS) is 22.5. The molecule has 21 heavy (non-hydrogen) atoms. The van der Waals surface area contributed by atoms with E-state index in [1.807, 2.05) is 6.92 Å². The lowest BCUT2D eigenvalue weighted by molar-refractivity contribution is 0.197. The maximum atomic E-state index is 9.07. The molecule has 0 aromatic carbocycles. The number of nitrogens with zero attached hydrogens (tertiary/aromatic N) is 2. The van der Waals surface area contributed by atoms with Gasteiger partial charge in [-0.3, -0.25) is 4.99 Å². The highest BCUT2D eigenvalue weighted by Gasteiger charge is 2.31. The van der Waals surface area contributed by atoms with Gasteiger partial charge in [0.1, 0.15) is 0 Å². The van der Waals surface area contributed by atoms with Crippen LogP contribution in [0.5, 0.6) is 0 Å². The van der Waals surface area contributed by atoms with Crippen LogP contribution in [0.3, 0.4) is 0 Å². The molecule has 3 N–H and O–H groups in total. The van der Waals surface area contributed by atoms with E-state index < -0.39 is 0 Å². The van der Waals surface area contributed by atoms with Crippen LogP contribution in [0.25, 0.3) is 0 Å². The van der Waals surface area contributed by atoms with E-state index in [4.69, 9.17) is 5.11 Å². The number of halogens is 1. The summed E-state index contributed by atoms with van der Waals surface area (Å²) in [5, 5.41) is 15.9. The van der Waals surface area contributed by atoms with Crippen molar-refractivity contribution in [3.63, 3.8) is 0 Å². The van der Waals surface area contributed by atoms with Gasteiger partial charge in [0, 0.05) is 44.9 Å². The van der Waals surface area contributed by atoms with Crippen molar-refractivity contribution in [2.24, 2.45) is 10.9 Å². The summed E-state index contributed by atoms with van der Waals surface area (Å²) in [6, 6.07) is 1.43. The van der Waals surface area contributed by atoms with Gasteiger partial charge in [-0.25, -0.2) is 0 Å². The molecule has 0 amide bonds. The van der Waals surface area contributed by atoms with E-state index in [-0.39, 0.29) is 36.5 Å². The SMILES string of the molecule is CCNC(=NCC(C)CO)NC1CCN(C2CC2)CC1.I. The predicted molar refractivity (Wildman–Crippen MR) is 98.4 cm³/mol. The number of aliphatic imine (C=N–C) groups is 1. The van der Waals surface area contributed by atoms with E-state index in [0.717, 1.165) is 18.5 Å². The van der Waals surface area contributed by atoms with Gasteiger partial charge < -0.3 is 20.6 Å². The third kappa shape index (κ3) is 6.69. The number of nitrogens with one attached hydrogen (secondary N) is 2. The molecule has 6 heteroatoms. The number of guanidine groups is 1. The Bertz CT molecular complexity index is 315. The molecule has 0 spiro atoms. The van der Waals surface area contributed by atoms with Gasteiger partial charge in [0.05, 0.1) is 0 Å². The number of piperidine rings is 1. The average Bonchev–Trinajstić information content (AvgIpc) is 3.30. The van der Waals surface area contributed by atoms with Crippen molar-refractivity contribution < 1.29 is 5.11 Å². The molecule has 1 aliphatic heterocycles. The predicted octanol–water partition coefficient (Wildman–Crippen LogP) is 1.41. The fourth-order valence-electron chi connectivity index (χ4n) is 2.67. The average molecular weight is 410 g/mol. The molecule has 2 fully saturated rings. The lowest BCUT2D eigenvalue weighted by Crippen LogP contribution is -2.49. The van der Waals surface area contributed by atoms with Gasteiger partial charge >= 0.3 is 0 Å². The van der Waals surface area contributed by atoms with Crippen LogP contribution in [0.15, 0.2) is 4.99 Å². The second-order valence-corrected chi connectivity index (χ2v) is 6.19. The van der Waals surface area contributed by atoms with E-state index in [1.165, 1.54) is 38.8 Å². The van der Waals surface area contributed by atoms with Gasteiger partial charge in [0.2, 0.25) is 0 Å². The maximum Gasteiger partial charge on any atom is 0.191 e. The number of aliphatic hydroxyl groups is 1. The van der Waals surface area contributed by atoms with Crippen molar-refractivity contribution in [1.82, 2.24) is 15.5 Å². The zero-order valence-electron chi connectivity index (χ0n) is 13.3. The monoisotopic (exact) mass is 410 g/mol. The fourth-order valence-corrected chi connectivity index (χ4v) is 2.67. The molecular formula is C15H31IN4O. The smallest absolute Gasteiger partial charge is 0.191 e. The zero-order chi connectivity index (χ0) is 14.4. The van der Waals surface area contributed by atoms with Crippen molar-refractivity contribution in [2.45, 2.75) is 51.6 Å². The van der Waals surface area contributed by atoms with Crippen molar-refractivity contribution in [3.8, 4) is 0 Å². The molecular weight excluding hydrogens is 379 g/mol. The fraction of sp³-hybridized carbons (Fsp3) is 0.933. The van der Waals surface area contributed by atoms with E-state index in [2.05, 4.69) is 27.4 Å². The summed E-state index contributed by atoms with van der Waals surface area (Å²) in [7, 11) is 0. The molecule has 0 radical (unpaired) electrons. The Balaban J connectivity index is 0.00000220. The first-order valence-corrected chi connectivity index (χ1v) is 8.12. The van der Waals surface area contributed by atoms with E-state index in [1.54, 1.807) is 0 Å². The van der Waals surface area contributed by atoms with Gasteiger partial charge in [-0.1, -0.05) is 6.92 Å². The Morgan fingerprint density at radius 1 is 1.29 bits per heavy atom. The number of rotatable bonds is 6. The van der Waals surface area contributed by atoms with Crippen LogP contribution in [0.2, 0.25) is 0 Å². The third-order valence-corrected chi connectivity index (χ3v) is 4.15.